The minimum Gasteiger partial charge on any atom is -0.322 e. The van der Waals surface area contributed by atoms with Gasteiger partial charge in [-0.15, -0.1) is 0 Å². The number of amides is 4. The number of nitrogens with zero attached hydrogens (tertiary/aromatic N) is 3. The highest BCUT2D eigenvalue weighted by Gasteiger charge is 2.47. The topological polar surface area (TPSA) is 113 Å². The third-order valence-corrected chi connectivity index (χ3v) is 6.52. The van der Waals surface area contributed by atoms with Crippen molar-refractivity contribution in [2.75, 3.05) is 5.75 Å². The summed E-state index contributed by atoms with van der Waals surface area (Å²) in [6.07, 6.45) is 0.381. The molecule has 2 N–H and O–H groups in total. The molecule has 2 aromatic carbocycles. The predicted molar refractivity (Wildman–Crippen MR) is 125 cm³/mol. The van der Waals surface area contributed by atoms with E-state index in [4.69, 9.17) is 11.6 Å². The van der Waals surface area contributed by atoms with Crippen molar-refractivity contribution in [1.82, 2.24) is 25.3 Å². The molecule has 1 aliphatic heterocycles. The van der Waals surface area contributed by atoms with Crippen LogP contribution in [0.1, 0.15) is 20.3 Å². The van der Waals surface area contributed by atoms with Crippen molar-refractivity contribution in [3.63, 3.8) is 0 Å². The van der Waals surface area contributed by atoms with Crippen LogP contribution >= 0.6 is 23.4 Å². The van der Waals surface area contributed by atoms with E-state index < -0.39 is 23.4 Å². The zero-order chi connectivity index (χ0) is 23.8. The number of halogens is 1. The summed E-state index contributed by atoms with van der Waals surface area (Å²) in [5.74, 6) is -1.32. The normalized spacial score (nSPS) is 18.0. The summed E-state index contributed by atoms with van der Waals surface area (Å²) in [5, 5.41) is 4.39. The monoisotopic (exact) mass is 485 g/mol. The van der Waals surface area contributed by atoms with Crippen molar-refractivity contribution in [1.29, 1.82) is 0 Å². The largest absolute Gasteiger partial charge is 0.344 e. The zero-order valence-electron chi connectivity index (χ0n) is 17.8. The van der Waals surface area contributed by atoms with Crippen LogP contribution in [0, 0.1) is 0 Å². The minimum atomic E-state index is -1.07. The Bertz CT molecular complexity index is 1340. The van der Waals surface area contributed by atoms with E-state index in [1.54, 1.807) is 62.4 Å². The van der Waals surface area contributed by atoms with Gasteiger partial charge in [-0.05, 0) is 43.7 Å². The van der Waals surface area contributed by atoms with E-state index in [0.29, 0.717) is 33.0 Å². The lowest BCUT2D eigenvalue weighted by atomic mass is 10.00. The molecule has 0 saturated carbocycles. The number of para-hydroxylation sites is 1. The third-order valence-electron chi connectivity index (χ3n) is 5.35. The molecule has 1 atom stereocenters. The van der Waals surface area contributed by atoms with E-state index >= 15 is 0 Å². The summed E-state index contributed by atoms with van der Waals surface area (Å²) in [4.78, 5) is 55.0. The van der Waals surface area contributed by atoms with Gasteiger partial charge in [0.25, 0.3) is 11.5 Å². The Kier molecular flexibility index (Phi) is 6.13. The zero-order valence-corrected chi connectivity index (χ0v) is 19.4. The van der Waals surface area contributed by atoms with Gasteiger partial charge in [0.1, 0.15) is 5.54 Å². The molecule has 0 aliphatic carbocycles. The van der Waals surface area contributed by atoms with Crippen molar-refractivity contribution in [2.45, 2.75) is 31.0 Å². The fraction of sp³-hybridized carbons (Fsp3) is 0.227. The molecular formula is C22H20ClN5O4S. The summed E-state index contributed by atoms with van der Waals surface area (Å²) in [5.41, 5.74) is 1.95. The third kappa shape index (κ3) is 4.31. The van der Waals surface area contributed by atoms with Crippen LogP contribution in [0.15, 0.2) is 58.5 Å². The number of rotatable bonds is 6. The van der Waals surface area contributed by atoms with Gasteiger partial charge in [0.15, 0.2) is 5.16 Å². The standard InChI is InChI=1S/C22H20ClN5O4S/c1-3-22(2)19(31)28(20(32)25-22)26-17(29)12-33-21-24-16-10-5-4-9-15(16)18(30)27(21)14-8-6-7-13(23)11-14/h4-11H,3,12H2,1-2H3,(H,25,32)(H,26,29)/t22-/m0/s1. The quantitative estimate of drug-likeness (QED) is 0.315. The summed E-state index contributed by atoms with van der Waals surface area (Å²) < 4.78 is 1.38. The number of aromatic nitrogens is 2. The van der Waals surface area contributed by atoms with E-state index in [1.807, 2.05) is 0 Å². The Balaban J connectivity index is 1.62. The predicted octanol–water partition coefficient (Wildman–Crippen LogP) is 2.88. The van der Waals surface area contributed by atoms with E-state index in [1.165, 1.54) is 4.57 Å². The van der Waals surface area contributed by atoms with Gasteiger partial charge in [-0.1, -0.05) is 48.5 Å². The molecular weight excluding hydrogens is 466 g/mol. The lowest BCUT2D eigenvalue weighted by Crippen LogP contribution is -2.49. The highest BCUT2D eigenvalue weighted by molar-refractivity contribution is 7.99. The number of hydrogen-bond donors (Lipinski definition) is 2. The number of hydrogen-bond acceptors (Lipinski definition) is 6. The maximum absolute atomic E-state index is 13.2. The molecule has 1 aliphatic rings. The molecule has 11 heteroatoms. The van der Waals surface area contributed by atoms with Gasteiger partial charge < -0.3 is 5.32 Å². The minimum absolute atomic E-state index is 0.189. The molecule has 0 bridgehead atoms. The van der Waals surface area contributed by atoms with Gasteiger partial charge in [0.05, 0.1) is 22.3 Å². The first-order valence-electron chi connectivity index (χ1n) is 10.1. The number of benzene rings is 2. The first kappa shape index (κ1) is 22.8. The number of carbonyl (C=O) groups excluding carboxylic acids is 3. The van der Waals surface area contributed by atoms with Crippen molar-refractivity contribution in [2.24, 2.45) is 0 Å². The Hall–Kier alpha value is -3.37. The average molecular weight is 486 g/mol. The number of hydrazine groups is 1. The van der Waals surface area contributed by atoms with Gasteiger partial charge in [0, 0.05) is 5.02 Å². The van der Waals surface area contributed by atoms with Crippen molar-refractivity contribution in [3.05, 3.63) is 63.9 Å². The summed E-state index contributed by atoms with van der Waals surface area (Å²) in [6, 6.07) is 12.9. The molecule has 0 spiro atoms. The van der Waals surface area contributed by atoms with Gasteiger partial charge in [0.2, 0.25) is 5.91 Å². The number of urea groups is 1. The Morgan fingerprint density at radius 2 is 1.94 bits per heavy atom. The van der Waals surface area contributed by atoms with Crippen LogP contribution < -0.4 is 16.3 Å². The average Bonchev–Trinajstić information content (AvgIpc) is 3.01. The number of nitrogens with one attached hydrogen (secondary N) is 2. The lowest BCUT2D eigenvalue weighted by molar-refractivity contribution is -0.137. The van der Waals surface area contributed by atoms with Gasteiger partial charge >= 0.3 is 6.03 Å². The van der Waals surface area contributed by atoms with Crippen LogP contribution in [-0.4, -0.2) is 43.7 Å². The van der Waals surface area contributed by atoms with Crippen LogP contribution in [0.25, 0.3) is 16.6 Å². The van der Waals surface area contributed by atoms with Gasteiger partial charge in [-0.25, -0.2) is 9.78 Å². The lowest BCUT2D eigenvalue weighted by Gasteiger charge is -2.19. The fourth-order valence-electron chi connectivity index (χ4n) is 3.36. The molecule has 0 radical (unpaired) electrons. The van der Waals surface area contributed by atoms with E-state index in [9.17, 15) is 19.2 Å². The smallest absolute Gasteiger partial charge is 0.322 e. The first-order valence-corrected chi connectivity index (χ1v) is 11.5. The van der Waals surface area contributed by atoms with E-state index in [0.717, 1.165) is 11.8 Å². The SMILES string of the molecule is CC[C@]1(C)NC(=O)N(NC(=O)CSc2nc3ccccc3c(=O)n2-c2cccc(Cl)c2)C1=O. The Labute approximate surface area is 198 Å². The molecule has 0 unspecified atom stereocenters. The molecule has 4 amide bonds. The second-order valence-corrected chi connectivity index (χ2v) is 8.99. The van der Waals surface area contributed by atoms with Crippen LogP contribution in [0.4, 0.5) is 4.79 Å². The molecule has 1 fully saturated rings. The summed E-state index contributed by atoms with van der Waals surface area (Å²) in [6.45, 7) is 3.36. The van der Waals surface area contributed by atoms with Crippen LogP contribution in [0.3, 0.4) is 0 Å². The summed E-state index contributed by atoms with van der Waals surface area (Å²) >= 11 is 7.12. The maximum Gasteiger partial charge on any atom is 0.344 e. The van der Waals surface area contributed by atoms with Crippen LogP contribution in [0.2, 0.25) is 5.02 Å². The van der Waals surface area contributed by atoms with Gasteiger partial charge in [-0.2, -0.15) is 5.01 Å². The van der Waals surface area contributed by atoms with Crippen LogP contribution in [0.5, 0.6) is 0 Å². The Morgan fingerprint density at radius 1 is 1.18 bits per heavy atom. The van der Waals surface area contributed by atoms with Crippen LogP contribution in [-0.2, 0) is 9.59 Å². The molecule has 1 saturated heterocycles. The number of imide groups is 1. The second kappa shape index (κ2) is 8.87. The molecule has 3 aromatic rings. The van der Waals surface area contributed by atoms with Crippen molar-refractivity contribution in [3.8, 4) is 5.69 Å². The second-order valence-electron chi connectivity index (χ2n) is 7.61. The number of carbonyl (C=O) groups is 3. The maximum atomic E-state index is 13.2. The number of thioether (sulfide) groups is 1. The molecule has 170 valence electrons. The van der Waals surface area contributed by atoms with Gasteiger partial charge in [-0.3, -0.25) is 24.4 Å². The number of fused-ring (bicyclic) bond motifs is 1. The molecule has 33 heavy (non-hydrogen) atoms. The molecule has 2 heterocycles. The highest BCUT2D eigenvalue weighted by atomic mass is 35.5. The molecule has 9 nitrogen and oxygen atoms in total. The van der Waals surface area contributed by atoms with Crippen molar-refractivity contribution < 1.29 is 14.4 Å². The molecule has 1 aromatic heterocycles. The fourth-order valence-corrected chi connectivity index (χ4v) is 4.35. The van der Waals surface area contributed by atoms with E-state index in [2.05, 4.69) is 15.7 Å². The Morgan fingerprint density at radius 3 is 2.64 bits per heavy atom. The summed E-state index contributed by atoms with van der Waals surface area (Å²) in [7, 11) is 0. The van der Waals surface area contributed by atoms with Crippen molar-refractivity contribution >= 4 is 52.1 Å². The molecule has 4 rings (SSSR count). The van der Waals surface area contributed by atoms with E-state index in [-0.39, 0.29) is 16.5 Å². The highest BCUT2D eigenvalue weighted by Crippen LogP contribution is 2.23. The first-order chi connectivity index (χ1) is 15.7.